The van der Waals surface area contributed by atoms with Gasteiger partial charge in [0, 0.05) is 6.54 Å². The lowest BCUT2D eigenvalue weighted by atomic mass is 10.1. The Kier molecular flexibility index (Phi) is 6.56. The van der Waals surface area contributed by atoms with Gasteiger partial charge in [0.15, 0.2) is 5.60 Å². The molecule has 19 heavy (non-hydrogen) atoms. The van der Waals surface area contributed by atoms with Gasteiger partial charge in [-0.2, -0.15) is 13.2 Å². The van der Waals surface area contributed by atoms with Gasteiger partial charge < -0.3 is 25.6 Å². The largest absolute Gasteiger partial charge is 0.479 e. The van der Waals surface area contributed by atoms with Crippen molar-refractivity contribution in [2.45, 2.75) is 18.7 Å². The Balaban J connectivity index is 3.69. The maximum atomic E-state index is 11.7. The molecule has 0 bridgehead atoms. The molecular weight excluding hydrogens is 273 g/mol. The van der Waals surface area contributed by atoms with Crippen LogP contribution in [-0.2, 0) is 9.53 Å². The molecule has 0 fully saturated rings. The lowest BCUT2D eigenvalue weighted by Crippen LogP contribution is -2.49. The van der Waals surface area contributed by atoms with Gasteiger partial charge in [0.05, 0.1) is 13.2 Å². The van der Waals surface area contributed by atoms with E-state index in [1.807, 2.05) is 0 Å². The van der Waals surface area contributed by atoms with E-state index in [9.17, 15) is 27.9 Å². The molecule has 0 spiro atoms. The fourth-order valence-electron chi connectivity index (χ4n) is 0.815. The number of carbonyl (C=O) groups excluding carboxylic acids is 1. The van der Waals surface area contributed by atoms with Gasteiger partial charge in [-0.1, -0.05) is 0 Å². The van der Waals surface area contributed by atoms with E-state index in [2.05, 4.69) is 15.4 Å². The van der Waals surface area contributed by atoms with Crippen LogP contribution in [0.25, 0.3) is 0 Å². The molecule has 0 heterocycles. The number of urea groups is 1. The molecule has 0 aromatic rings. The van der Waals surface area contributed by atoms with Crippen LogP contribution >= 0.6 is 0 Å². The first-order valence-electron chi connectivity index (χ1n) is 5.16. The number of hydrogen-bond acceptors (Lipinski definition) is 4. The summed E-state index contributed by atoms with van der Waals surface area (Å²) in [6, 6.07) is -0.822. The Morgan fingerprint density at radius 1 is 1.26 bits per heavy atom. The fourth-order valence-corrected chi connectivity index (χ4v) is 0.815. The molecule has 0 aromatic carbocycles. The molecule has 2 amide bonds. The number of carbonyl (C=O) groups is 2. The number of nitrogens with one attached hydrogen (secondary N) is 2. The minimum atomic E-state index is -4.43. The molecule has 1 atom stereocenters. The maximum absolute atomic E-state index is 11.7. The number of aliphatic hydroxyl groups is 1. The number of rotatable bonds is 7. The summed E-state index contributed by atoms with van der Waals surface area (Å²) >= 11 is 0. The summed E-state index contributed by atoms with van der Waals surface area (Å²) in [6.07, 6.45) is -4.43. The van der Waals surface area contributed by atoms with Gasteiger partial charge in [0.25, 0.3) is 0 Å². The smallest absolute Gasteiger partial charge is 0.411 e. The highest BCUT2D eigenvalue weighted by molar-refractivity contribution is 5.79. The Bertz CT molecular complexity index is 319. The van der Waals surface area contributed by atoms with Crippen molar-refractivity contribution in [3.05, 3.63) is 0 Å². The molecule has 0 aliphatic carbocycles. The highest BCUT2D eigenvalue weighted by Crippen LogP contribution is 2.13. The molecule has 10 heteroatoms. The monoisotopic (exact) mass is 288 g/mol. The van der Waals surface area contributed by atoms with E-state index in [4.69, 9.17) is 5.11 Å². The minimum Gasteiger partial charge on any atom is -0.479 e. The molecule has 4 N–H and O–H groups in total. The second-order valence-corrected chi connectivity index (χ2v) is 3.86. The summed E-state index contributed by atoms with van der Waals surface area (Å²) in [7, 11) is 0. The normalized spacial score (nSPS) is 14.6. The average Bonchev–Trinajstić information content (AvgIpc) is 2.24. The standard InChI is InChI=1S/C9H15F3N2O5/c1-8(18,6(15)16)4-14-7(17)13-2-3-19-5-9(10,11)12/h18H,2-5H2,1H3,(H,15,16)(H2,13,14,17). The third-order valence-corrected chi connectivity index (χ3v) is 1.85. The molecule has 7 nitrogen and oxygen atoms in total. The van der Waals surface area contributed by atoms with Crippen LogP contribution in [0.4, 0.5) is 18.0 Å². The van der Waals surface area contributed by atoms with E-state index >= 15 is 0 Å². The third-order valence-electron chi connectivity index (χ3n) is 1.85. The van der Waals surface area contributed by atoms with E-state index < -0.39 is 36.9 Å². The van der Waals surface area contributed by atoms with Crippen LogP contribution in [0.15, 0.2) is 0 Å². The van der Waals surface area contributed by atoms with E-state index in [0.717, 1.165) is 6.92 Å². The molecule has 0 saturated heterocycles. The molecule has 0 saturated carbocycles. The van der Waals surface area contributed by atoms with E-state index in [0.29, 0.717) is 0 Å². The second-order valence-electron chi connectivity index (χ2n) is 3.86. The van der Waals surface area contributed by atoms with Crippen LogP contribution in [0.3, 0.4) is 0 Å². The van der Waals surface area contributed by atoms with Crippen molar-refractivity contribution in [3.63, 3.8) is 0 Å². The number of alkyl halides is 3. The van der Waals surface area contributed by atoms with Crippen LogP contribution in [-0.4, -0.2) is 60.3 Å². The SMILES string of the molecule is CC(O)(CNC(=O)NCCOCC(F)(F)F)C(=O)O. The second kappa shape index (κ2) is 7.14. The topological polar surface area (TPSA) is 108 Å². The van der Waals surface area contributed by atoms with Crippen LogP contribution in [0.2, 0.25) is 0 Å². The summed E-state index contributed by atoms with van der Waals surface area (Å²) in [5, 5.41) is 22.0. The predicted octanol–water partition coefficient (Wildman–Crippen LogP) is -0.300. The van der Waals surface area contributed by atoms with Crippen LogP contribution in [0, 0.1) is 0 Å². The van der Waals surface area contributed by atoms with Crippen molar-refractivity contribution in [1.82, 2.24) is 10.6 Å². The van der Waals surface area contributed by atoms with Gasteiger partial charge >= 0.3 is 18.2 Å². The Morgan fingerprint density at radius 2 is 1.84 bits per heavy atom. The van der Waals surface area contributed by atoms with E-state index in [1.54, 1.807) is 0 Å². The van der Waals surface area contributed by atoms with Gasteiger partial charge in [-0.25, -0.2) is 9.59 Å². The summed E-state index contributed by atoms with van der Waals surface area (Å²) in [4.78, 5) is 21.5. The quantitative estimate of drug-likeness (QED) is 0.481. The highest BCUT2D eigenvalue weighted by atomic mass is 19.4. The van der Waals surface area contributed by atoms with E-state index in [1.165, 1.54) is 0 Å². The number of amides is 2. The Morgan fingerprint density at radius 3 is 2.32 bits per heavy atom. The Labute approximate surface area is 106 Å². The Hall–Kier alpha value is -1.55. The molecule has 0 aromatic heterocycles. The number of ether oxygens (including phenoxy) is 1. The van der Waals surface area contributed by atoms with Crippen molar-refractivity contribution >= 4 is 12.0 Å². The molecule has 0 rings (SSSR count). The zero-order chi connectivity index (χ0) is 15.1. The number of aliphatic carboxylic acids is 1. The predicted molar refractivity (Wildman–Crippen MR) is 56.5 cm³/mol. The molecule has 0 aliphatic rings. The van der Waals surface area contributed by atoms with Crippen LogP contribution in [0.5, 0.6) is 0 Å². The first-order valence-corrected chi connectivity index (χ1v) is 5.16. The van der Waals surface area contributed by atoms with E-state index in [-0.39, 0.29) is 13.2 Å². The highest BCUT2D eigenvalue weighted by Gasteiger charge is 2.30. The van der Waals surface area contributed by atoms with Gasteiger partial charge in [-0.3, -0.25) is 0 Å². The van der Waals surface area contributed by atoms with Crippen molar-refractivity contribution in [2.75, 3.05) is 26.3 Å². The molecule has 0 radical (unpaired) electrons. The summed E-state index contributed by atoms with van der Waals surface area (Å²) in [6.45, 7) is -1.50. The first-order chi connectivity index (χ1) is 8.54. The zero-order valence-electron chi connectivity index (χ0n) is 10.1. The summed E-state index contributed by atoms with van der Waals surface area (Å²) in [5.74, 6) is -1.51. The first kappa shape index (κ1) is 17.4. The maximum Gasteiger partial charge on any atom is 0.411 e. The van der Waals surface area contributed by atoms with Crippen molar-refractivity contribution < 1.29 is 37.7 Å². The van der Waals surface area contributed by atoms with Crippen LogP contribution < -0.4 is 10.6 Å². The summed E-state index contributed by atoms with van der Waals surface area (Å²) in [5.41, 5.74) is -2.12. The van der Waals surface area contributed by atoms with Gasteiger partial charge in [0.2, 0.25) is 0 Å². The number of carboxylic acid groups (broad SMARTS) is 1. The average molecular weight is 288 g/mol. The molecular formula is C9H15F3N2O5. The summed E-state index contributed by atoms with van der Waals surface area (Å²) < 4.78 is 39.2. The number of hydrogen-bond donors (Lipinski definition) is 4. The molecule has 1 unspecified atom stereocenters. The van der Waals surface area contributed by atoms with Gasteiger partial charge in [-0.15, -0.1) is 0 Å². The third kappa shape index (κ3) is 9.08. The van der Waals surface area contributed by atoms with Gasteiger partial charge in [-0.05, 0) is 6.92 Å². The lowest BCUT2D eigenvalue weighted by Gasteiger charge is -2.18. The molecule has 0 aliphatic heterocycles. The van der Waals surface area contributed by atoms with Crippen molar-refractivity contribution in [1.29, 1.82) is 0 Å². The van der Waals surface area contributed by atoms with Crippen molar-refractivity contribution in [2.24, 2.45) is 0 Å². The minimum absolute atomic E-state index is 0.183. The lowest BCUT2D eigenvalue weighted by molar-refractivity contribution is -0.173. The van der Waals surface area contributed by atoms with Gasteiger partial charge in [0.1, 0.15) is 6.61 Å². The fraction of sp³-hybridized carbons (Fsp3) is 0.778. The zero-order valence-corrected chi connectivity index (χ0v) is 10.1. The van der Waals surface area contributed by atoms with Crippen molar-refractivity contribution in [3.8, 4) is 0 Å². The number of carboxylic acids is 1. The molecule has 112 valence electrons. The number of halogens is 3. The van der Waals surface area contributed by atoms with Crippen LogP contribution in [0.1, 0.15) is 6.92 Å².